The number of nitrogens with one attached hydrogen (secondary N) is 1. The van der Waals surface area contributed by atoms with E-state index < -0.39 is 11.5 Å². The number of carbonyl (C=O) groups excluding carboxylic acids is 2. The maximum absolute atomic E-state index is 12.6. The molecule has 1 N–H and O–H groups in total. The van der Waals surface area contributed by atoms with Crippen LogP contribution >= 0.6 is 0 Å². The smallest absolute Gasteiger partial charge is 0.410 e. The summed E-state index contributed by atoms with van der Waals surface area (Å²) in [5.41, 5.74) is 1.89. The van der Waals surface area contributed by atoms with Crippen LogP contribution in [-0.2, 0) is 21.6 Å². The van der Waals surface area contributed by atoms with Gasteiger partial charge in [-0.15, -0.1) is 0 Å². The Labute approximate surface area is 198 Å². The molecule has 0 atom stereocenters. The van der Waals surface area contributed by atoms with Gasteiger partial charge in [0.15, 0.2) is 0 Å². The number of hydrogen-bond donors (Lipinski definition) is 1. The van der Waals surface area contributed by atoms with Crippen LogP contribution in [0.4, 0.5) is 10.7 Å². The molecule has 8 nitrogen and oxygen atoms in total. The molecule has 176 valence electrons. The minimum absolute atomic E-state index is 0.249. The Hall–Kier alpha value is -3.94. The summed E-state index contributed by atoms with van der Waals surface area (Å²) in [6, 6.07) is 19.7. The van der Waals surface area contributed by atoms with Gasteiger partial charge in [0.2, 0.25) is 5.95 Å². The van der Waals surface area contributed by atoms with Gasteiger partial charge in [-0.3, -0.25) is 0 Å². The van der Waals surface area contributed by atoms with Crippen LogP contribution in [0.2, 0.25) is 0 Å². The third-order valence-corrected chi connectivity index (χ3v) is 5.92. The van der Waals surface area contributed by atoms with Crippen molar-refractivity contribution >= 4 is 18.0 Å². The molecule has 0 bridgehead atoms. The SMILES string of the molecule is CCOC(=O)c1cnc(NC2(c3ccccc3)CCN(C(=O)OCc3ccccc3)CC2)nc1. The molecular formula is C26H28N4O4. The second-order valence-electron chi connectivity index (χ2n) is 8.12. The fourth-order valence-corrected chi connectivity index (χ4v) is 4.05. The molecule has 1 aromatic heterocycles. The van der Waals surface area contributed by atoms with Crippen LogP contribution < -0.4 is 5.32 Å². The van der Waals surface area contributed by atoms with Gasteiger partial charge in [-0.25, -0.2) is 19.6 Å². The number of nitrogens with zero attached hydrogens (tertiary/aromatic N) is 3. The number of carbonyl (C=O) groups is 2. The number of benzene rings is 2. The van der Waals surface area contributed by atoms with Crippen LogP contribution in [0.15, 0.2) is 73.1 Å². The van der Waals surface area contributed by atoms with Crippen molar-refractivity contribution in [2.75, 3.05) is 25.0 Å². The molecule has 1 aliphatic heterocycles. The average Bonchev–Trinajstić information content (AvgIpc) is 2.89. The van der Waals surface area contributed by atoms with Gasteiger partial charge >= 0.3 is 12.1 Å². The zero-order valence-corrected chi connectivity index (χ0v) is 19.1. The Morgan fingerprint density at radius 1 is 0.941 bits per heavy atom. The van der Waals surface area contributed by atoms with Crippen LogP contribution in [0.3, 0.4) is 0 Å². The van der Waals surface area contributed by atoms with Crippen LogP contribution in [-0.4, -0.2) is 46.6 Å². The largest absolute Gasteiger partial charge is 0.462 e. The number of amides is 1. The van der Waals surface area contributed by atoms with Gasteiger partial charge in [0.25, 0.3) is 0 Å². The lowest BCUT2D eigenvalue weighted by atomic mass is 9.81. The summed E-state index contributed by atoms with van der Waals surface area (Å²) in [7, 11) is 0. The molecule has 34 heavy (non-hydrogen) atoms. The Kier molecular flexibility index (Phi) is 7.37. The van der Waals surface area contributed by atoms with E-state index in [9.17, 15) is 9.59 Å². The summed E-state index contributed by atoms with van der Waals surface area (Å²) < 4.78 is 10.5. The first-order valence-electron chi connectivity index (χ1n) is 11.4. The third-order valence-electron chi connectivity index (χ3n) is 5.92. The molecule has 1 aliphatic rings. The first-order valence-corrected chi connectivity index (χ1v) is 11.4. The summed E-state index contributed by atoms with van der Waals surface area (Å²) in [5.74, 6) is -0.0360. The van der Waals surface area contributed by atoms with Gasteiger partial charge in [-0.1, -0.05) is 60.7 Å². The van der Waals surface area contributed by atoms with E-state index in [2.05, 4.69) is 27.4 Å². The van der Waals surface area contributed by atoms with Crippen LogP contribution in [0.1, 0.15) is 41.3 Å². The van der Waals surface area contributed by atoms with Gasteiger partial charge < -0.3 is 19.7 Å². The van der Waals surface area contributed by atoms with Crippen molar-refractivity contribution in [3.63, 3.8) is 0 Å². The monoisotopic (exact) mass is 460 g/mol. The lowest BCUT2D eigenvalue weighted by Gasteiger charge is -2.42. The van der Waals surface area contributed by atoms with Gasteiger partial charge in [0.1, 0.15) is 6.61 Å². The molecule has 0 aliphatic carbocycles. The highest BCUT2D eigenvalue weighted by Crippen LogP contribution is 2.36. The van der Waals surface area contributed by atoms with Crippen LogP contribution in [0.5, 0.6) is 0 Å². The summed E-state index contributed by atoms with van der Waals surface area (Å²) >= 11 is 0. The fraction of sp³-hybridized carbons (Fsp3) is 0.308. The number of aromatic nitrogens is 2. The standard InChI is InChI=1S/C26H28N4O4/c1-2-33-23(31)21-17-27-24(28-18-21)29-26(22-11-7-4-8-12-22)13-15-30(16-14-26)25(32)34-19-20-9-5-3-6-10-20/h3-12,17-18H,2,13-16,19H2,1H3,(H,27,28,29). The highest BCUT2D eigenvalue weighted by Gasteiger charge is 2.38. The molecule has 1 fully saturated rings. The van der Waals surface area contributed by atoms with Gasteiger partial charge in [0, 0.05) is 25.5 Å². The number of piperidine rings is 1. The maximum atomic E-state index is 12.6. The highest BCUT2D eigenvalue weighted by atomic mass is 16.6. The van der Waals surface area contributed by atoms with Gasteiger partial charge in [-0.05, 0) is 30.9 Å². The molecule has 8 heteroatoms. The van der Waals surface area contributed by atoms with E-state index >= 15 is 0 Å². The molecule has 1 saturated heterocycles. The number of rotatable bonds is 7. The molecule has 0 unspecified atom stereocenters. The number of ether oxygens (including phenoxy) is 2. The van der Waals surface area contributed by atoms with E-state index in [4.69, 9.17) is 9.47 Å². The Bertz CT molecular complexity index is 1080. The quantitative estimate of drug-likeness (QED) is 0.523. The predicted molar refractivity (Wildman–Crippen MR) is 127 cm³/mol. The summed E-state index contributed by atoms with van der Waals surface area (Å²) in [4.78, 5) is 35.0. The highest BCUT2D eigenvalue weighted by molar-refractivity contribution is 5.88. The number of hydrogen-bond acceptors (Lipinski definition) is 7. The second-order valence-corrected chi connectivity index (χ2v) is 8.12. The zero-order chi connectivity index (χ0) is 23.8. The molecule has 3 aromatic rings. The summed E-state index contributed by atoms with van der Waals surface area (Å²) in [5, 5.41) is 3.47. The number of esters is 1. The first-order chi connectivity index (χ1) is 16.6. The normalized spacial score (nSPS) is 14.8. The topological polar surface area (TPSA) is 93.7 Å². The number of anilines is 1. The minimum Gasteiger partial charge on any atom is -0.462 e. The third kappa shape index (κ3) is 5.51. The van der Waals surface area contributed by atoms with Crippen molar-refractivity contribution in [2.24, 2.45) is 0 Å². The van der Waals surface area contributed by atoms with E-state index in [0.29, 0.717) is 44.0 Å². The van der Waals surface area contributed by atoms with Crippen molar-refractivity contribution in [1.29, 1.82) is 0 Å². The summed E-state index contributed by atoms with van der Waals surface area (Å²) in [6.45, 7) is 3.34. The van der Waals surface area contributed by atoms with Crippen molar-refractivity contribution in [2.45, 2.75) is 31.9 Å². The first kappa shape index (κ1) is 23.2. The lowest BCUT2D eigenvalue weighted by Crippen LogP contribution is -2.49. The van der Waals surface area contributed by atoms with E-state index in [0.717, 1.165) is 11.1 Å². The van der Waals surface area contributed by atoms with E-state index in [1.807, 2.05) is 48.5 Å². The summed E-state index contributed by atoms with van der Waals surface area (Å²) in [6.07, 6.45) is 3.91. The Morgan fingerprint density at radius 3 is 2.18 bits per heavy atom. The molecule has 2 aromatic carbocycles. The molecule has 2 heterocycles. The molecule has 4 rings (SSSR count). The van der Waals surface area contributed by atoms with E-state index in [-0.39, 0.29) is 12.7 Å². The van der Waals surface area contributed by atoms with Crippen LogP contribution in [0, 0.1) is 0 Å². The van der Waals surface area contributed by atoms with E-state index in [1.54, 1.807) is 11.8 Å². The van der Waals surface area contributed by atoms with Gasteiger partial charge in [-0.2, -0.15) is 0 Å². The Morgan fingerprint density at radius 2 is 1.56 bits per heavy atom. The zero-order valence-electron chi connectivity index (χ0n) is 19.1. The molecular weight excluding hydrogens is 432 g/mol. The lowest BCUT2D eigenvalue weighted by molar-refractivity contribution is 0.0525. The molecule has 0 radical (unpaired) electrons. The minimum atomic E-state index is -0.455. The van der Waals surface area contributed by atoms with Crippen molar-refractivity contribution in [1.82, 2.24) is 14.9 Å². The second kappa shape index (κ2) is 10.8. The van der Waals surface area contributed by atoms with Crippen molar-refractivity contribution < 1.29 is 19.1 Å². The average molecular weight is 461 g/mol. The van der Waals surface area contributed by atoms with Crippen LogP contribution in [0.25, 0.3) is 0 Å². The van der Waals surface area contributed by atoms with Crippen molar-refractivity contribution in [3.8, 4) is 0 Å². The number of likely N-dealkylation sites (tertiary alicyclic amines) is 1. The molecule has 0 spiro atoms. The van der Waals surface area contributed by atoms with Gasteiger partial charge in [0.05, 0.1) is 17.7 Å². The predicted octanol–water partition coefficient (Wildman–Crippen LogP) is 4.39. The molecule has 0 saturated carbocycles. The molecule has 1 amide bonds. The van der Waals surface area contributed by atoms with Crippen molar-refractivity contribution in [3.05, 3.63) is 89.7 Å². The fourth-order valence-electron chi connectivity index (χ4n) is 4.05. The van der Waals surface area contributed by atoms with E-state index in [1.165, 1.54) is 12.4 Å². The Balaban J connectivity index is 1.44. The maximum Gasteiger partial charge on any atom is 0.410 e.